The topological polar surface area (TPSA) is 81.8 Å². The number of carbonyl (C=O) groups excluding carboxylic acids is 3. The van der Waals surface area contributed by atoms with Crippen LogP contribution >= 0.6 is 11.3 Å². The molecule has 4 rings (SSSR count). The van der Waals surface area contributed by atoms with Gasteiger partial charge in [0.1, 0.15) is 5.82 Å². The van der Waals surface area contributed by atoms with E-state index in [1.165, 1.54) is 23.5 Å². The molecule has 2 aromatic carbocycles. The van der Waals surface area contributed by atoms with Crippen LogP contribution in [0.5, 0.6) is 0 Å². The minimum Gasteiger partial charge on any atom is -0.369 e. The smallest absolute Gasteiger partial charge is 0.265 e. The Kier molecular flexibility index (Phi) is 9.12. The lowest BCUT2D eigenvalue weighted by Crippen LogP contribution is -2.36. The van der Waals surface area contributed by atoms with Crippen LogP contribution < -0.4 is 15.5 Å². The lowest BCUT2D eigenvalue weighted by molar-refractivity contribution is -0.131. The van der Waals surface area contributed by atoms with Crippen LogP contribution in [0.4, 0.5) is 15.8 Å². The van der Waals surface area contributed by atoms with Crippen LogP contribution in [0.1, 0.15) is 52.3 Å². The summed E-state index contributed by atoms with van der Waals surface area (Å²) < 4.78 is 13.3. The molecule has 0 unspecified atom stereocenters. The molecule has 1 aromatic heterocycles. The summed E-state index contributed by atoms with van der Waals surface area (Å²) >= 11 is 1.34. The Morgan fingerprint density at radius 2 is 1.76 bits per heavy atom. The molecule has 0 atom stereocenters. The summed E-state index contributed by atoms with van der Waals surface area (Å²) in [5.41, 5.74) is 2.46. The van der Waals surface area contributed by atoms with Gasteiger partial charge in [-0.1, -0.05) is 32.0 Å². The summed E-state index contributed by atoms with van der Waals surface area (Å²) in [7, 11) is 0. The predicted octanol–water partition coefficient (Wildman–Crippen LogP) is 5.15. The molecule has 1 saturated heterocycles. The number of hydrogen-bond donors (Lipinski definition) is 2. The Morgan fingerprint density at radius 3 is 2.47 bits per heavy atom. The summed E-state index contributed by atoms with van der Waals surface area (Å²) in [4.78, 5) is 43.3. The van der Waals surface area contributed by atoms with Crippen LogP contribution in [0.25, 0.3) is 0 Å². The highest BCUT2D eigenvalue weighted by Gasteiger charge is 2.23. The van der Waals surface area contributed by atoms with Gasteiger partial charge in [0.2, 0.25) is 5.91 Å². The van der Waals surface area contributed by atoms with E-state index in [2.05, 4.69) is 15.5 Å². The number of rotatable bonds is 8. The van der Waals surface area contributed by atoms with Crippen molar-refractivity contribution in [1.29, 1.82) is 0 Å². The summed E-state index contributed by atoms with van der Waals surface area (Å²) in [6.07, 6.45) is 1.31. The SMILES string of the molecule is CC(C)CC(=O)N1CCCN(c2ccc(NC(=O)c3cccs3)cc2C(=O)NCc2ccc(F)cc2)CC1. The summed E-state index contributed by atoms with van der Waals surface area (Å²) in [6.45, 7) is 6.88. The zero-order valence-electron chi connectivity index (χ0n) is 21.7. The maximum Gasteiger partial charge on any atom is 0.265 e. The van der Waals surface area contributed by atoms with E-state index < -0.39 is 0 Å². The maximum absolute atomic E-state index is 13.4. The quantitative estimate of drug-likeness (QED) is 0.417. The van der Waals surface area contributed by atoms with E-state index >= 15 is 0 Å². The minimum atomic E-state index is -0.335. The van der Waals surface area contributed by atoms with Crippen LogP contribution in [-0.2, 0) is 11.3 Å². The van der Waals surface area contributed by atoms with Gasteiger partial charge in [-0.25, -0.2) is 4.39 Å². The van der Waals surface area contributed by atoms with Crippen molar-refractivity contribution in [3.8, 4) is 0 Å². The van der Waals surface area contributed by atoms with E-state index in [9.17, 15) is 18.8 Å². The molecule has 0 spiro atoms. The number of hydrogen-bond acceptors (Lipinski definition) is 5. The third-order valence-electron chi connectivity index (χ3n) is 6.38. The molecule has 1 aliphatic rings. The molecule has 0 radical (unpaired) electrons. The van der Waals surface area contributed by atoms with Crippen LogP contribution in [0, 0.1) is 11.7 Å². The van der Waals surface area contributed by atoms with Gasteiger partial charge < -0.3 is 20.4 Å². The molecule has 2 N–H and O–H groups in total. The fourth-order valence-electron chi connectivity index (χ4n) is 4.44. The number of anilines is 2. The van der Waals surface area contributed by atoms with Gasteiger partial charge >= 0.3 is 0 Å². The molecule has 38 heavy (non-hydrogen) atoms. The Morgan fingerprint density at radius 1 is 0.974 bits per heavy atom. The van der Waals surface area contributed by atoms with Crippen LogP contribution in [0.2, 0.25) is 0 Å². The van der Waals surface area contributed by atoms with E-state index in [4.69, 9.17) is 0 Å². The second-order valence-corrected chi connectivity index (χ2v) is 10.7. The van der Waals surface area contributed by atoms with Crippen molar-refractivity contribution in [2.24, 2.45) is 5.92 Å². The Labute approximate surface area is 226 Å². The Balaban J connectivity index is 1.54. The van der Waals surface area contributed by atoms with Gasteiger partial charge in [0.15, 0.2) is 0 Å². The van der Waals surface area contributed by atoms with E-state index in [0.29, 0.717) is 54.6 Å². The van der Waals surface area contributed by atoms with Crippen molar-refractivity contribution < 1.29 is 18.8 Å². The van der Waals surface area contributed by atoms with E-state index in [1.807, 2.05) is 36.3 Å². The number of nitrogens with one attached hydrogen (secondary N) is 2. The Bertz CT molecular complexity index is 1260. The van der Waals surface area contributed by atoms with Gasteiger partial charge in [-0.2, -0.15) is 0 Å². The maximum atomic E-state index is 13.4. The van der Waals surface area contributed by atoms with Crippen molar-refractivity contribution in [3.63, 3.8) is 0 Å². The number of halogens is 1. The number of benzene rings is 2. The average molecular weight is 537 g/mol. The summed E-state index contributed by atoms with van der Waals surface area (Å²) in [5.74, 6) is -0.410. The van der Waals surface area contributed by atoms with Crippen LogP contribution in [0.3, 0.4) is 0 Å². The van der Waals surface area contributed by atoms with Crippen LogP contribution in [-0.4, -0.2) is 48.8 Å². The molecule has 9 heteroatoms. The molecular weight excluding hydrogens is 503 g/mol. The normalized spacial score (nSPS) is 13.8. The molecule has 1 aliphatic heterocycles. The lowest BCUT2D eigenvalue weighted by atomic mass is 10.1. The first-order valence-corrected chi connectivity index (χ1v) is 13.7. The lowest BCUT2D eigenvalue weighted by Gasteiger charge is -2.26. The van der Waals surface area contributed by atoms with Gasteiger partial charge in [-0.15, -0.1) is 11.3 Å². The van der Waals surface area contributed by atoms with Gasteiger partial charge in [0.25, 0.3) is 11.8 Å². The van der Waals surface area contributed by atoms with E-state index in [0.717, 1.165) is 17.7 Å². The molecule has 7 nitrogen and oxygen atoms in total. The van der Waals surface area contributed by atoms with Gasteiger partial charge in [-0.05, 0) is 59.7 Å². The molecule has 0 saturated carbocycles. The van der Waals surface area contributed by atoms with Crippen LogP contribution in [0.15, 0.2) is 60.0 Å². The standard InChI is InChI=1S/C29H33FN4O3S/c1-20(2)17-27(35)34-13-4-12-33(14-15-34)25-11-10-23(32-29(37)26-5-3-16-38-26)18-24(25)28(36)31-19-21-6-8-22(30)9-7-21/h3,5-11,16,18,20H,4,12-15,17,19H2,1-2H3,(H,31,36)(H,32,37). The first kappa shape index (κ1) is 27.3. The van der Waals surface area contributed by atoms with Gasteiger partial charge in [0, 0.05) is 50.5 Å². The highest BCUT2D eigenvalue weighted by Crippen LogP contribution is 2.27. The first-order valence-electron chi connectivity index (χ1n) is 12.8. The fourth-order valence-corrected chi connectivity index (χ4v) is 5.06. The minimum absolute atomic E-state index is 0.158. The highest BCUT2D eigenvalue weighted by atomic mass is 32.1. The molecular formula is C29H33FN4O3S. The molecule has 1 fully saturated rings. The number of carbonyl (C=O) groups is 3. The number of thiophene rings is 1. The molecule has 0 aliphatic carbocycles. The van der Waals surface area contributed by atoms with E-state index in [1.54, 1.807) is 30.3 Å². The third kappa shape index (κ3) is 7.19. The highest BCUT2D eigenvalue weighted by molar-refractivity contribution is 7.12. The largest absolute Gasteiger partial charge is 0.369 e. The second-order valence-electron chi connectivity index (χ2n) is 9.79. The van der Waals surface area contributed by atoms with Crippen molar-refractivity contribution in [2.45, 2.75) is 33.2 Å². The van der Waals surface area contributed by atoms with Gasteiger partial charge in [-0.3, -0.25) is 14.4 Å². The summed E-state index contributed by atoms with van der Waals surface area (Å²) in [5, 5.41) is 7.64. The predicted molar refractivity (Wildman–Crippen MR) is 149 cm³/mol. The number of nitrogens with zero attached hydrogens (tertiary/aromatic N) is 2. The van der Waals surface area contributed by atoms with Crippen molar-refractivity contribution >= 4 is 40.4 Å². The second kappa shape index (κ2) is 12.7. The van der Waals surface area contributed by atoms with E-state index in [-0.39, 0.29) is 30.1 Å². The monoisotopic (exact) mass is 536 g/mol. The number of amides is 3. The molecule has 2 heterocycles. The third-order valence-corrected chi connectivity index (χ3v) is 7.25. The zero-order chi connectivity index (χ0) is 27.1. The first-order chi connectivity index (χ1) is 18.3. The molecule has 3 amide bonds. The van der Waals surface area contributed by atoms with Gasteiger partial charge in [0.05, 0.1) is 10.4 Å². The Hall–Kier alpha value is -3.72. The van der Waals surface area contributed by atoms with Crippen molar-refractivity contribution in [2.75, 3.05) is 36.4 Å². The summed E-state index contributed by atoms with van der Waals surface area (Å²) in [6, 6.07) is 14.9. The zero-order valence-corrected chi connectivity index (χ0v) is 22.5. The molecule has 200 valence electrons. The average Bonchev–Trinajstić information content (AvgIpc) is 3.33. The van der Waals surface area contributed by atoms with Crippen molar-refractivity contribution in [1.82, 2.24) is 10.2 Å². The fraction of sp³-hybridized carbons (Fsp3) is 0.345. The molecule has 0 bridgehead atoms. The van der Waals surface area contributed by atoms with Crippen molar-refractivity contribution in [3.05, 3.63) is 81.8 Å². The molecule has 3 aromatic rings.